The van der Waals surface area contributed by atoms with Gasteiger partial charge < -0.3 is 4.90 Å². The van der Waals surface area contributed by atoms with Gasteiger partial charge >= 0.3 is 0 Å². The van der Waals surface area contributed by atoms with Gasteiger partial charge in [-0.05, 0) is 11.6 Å². The van der Waals surface area contributed by atoms with E-state index < -0.39 is 0 Å². The number of rotatable bonds is 2. The van der Waals surface area contributed by atoms with Gasteiger partial charge in [-0.3, -0.25) is 4.79 Å². The first kappa shape index (κ1) is 12.3. The molecule has 2 aromatic rings. The van der Waals surface area contributed by atoms with Gasteiger partial charge in [0.05, 0.1) is 11.9 Å². The number of para-hydroxylation sites is 1. The lowest BCUT2D eigenvalue weighted by Gasteiger charge is -2.07. The van der Waals surface area contributed by atoms with Crippen molar-refractivity contribution in [3.8, 4) is 0 Å². The van der Waals surface area contributed by atoms with Crippen molar-refractivity contribution in [1.29, 1.82) is 0 Å². The Morgan fingerprint density at radius 3 is 2.50 bits per heavy atom. The van der Waals surface area contributed by atoms with Crippen LogP contribution in [0.4, 0.5) is 5.69 Å². The Morgan fingerprint density at radius 2 is 1.70 bits per heavy atom. The van der Waals surface area contributed by atoms with Crippen molar-refractivity contribution in [2.24, 2.45) is 10.2 Å². The molecular weight excluding hydrogens is 250 g/mol. The van der Waals surface area contributed by atoms with E-state index in [9.17, 15) is 4.79 Å². The van der Waals surface area contributed by atoms with E-state index >= 15 is 0 Å². The maximum atomic E-state index is 12.1. The average Bonchev–Trinajstić information content (AvgIpc) is 2.74. The molecule has 1 aliphatic heterocycles. The highest BCUT2D eigenvalue weighted by Crippen LogP contribution is 2.27. The van der Waals surface area contributed by atoms with Crippen LogP contribution in [0.1, 0.15) is 11.1 Å². The van der Waals surface area contributed by atoms with Crippen LogP contribution < -0.4 is 4.90 Å². The zero-order valence-electron chi connectivity index (χ0n) is 11.0. The largest absolute Gasteiger partial charge is 0.309 e. The molecule has 98 valence electrons. The van der Waals surface area contributed by atoms with Gasteiger partial charge in [-0.2, -0.15) is 5.10 Å². The zero-order valence-corrected chi connectivity index (χ0v) is 11.0. The first-order chi connectivity index (χ1) is 9.77. The molecule has 4 nitrogen and oxygen atoms in total. The summed E-state index contributed by atoms with van der Waals surface area (Å²) in [7, 11) is 1.74. The topological polar surface area (TPSA) is 45.0 Å². The molecule has 4 heteroatoms. The summed E-state index contributed by atoms with van der Waals surface area (Å²) in [6.45, 7) is 0. The minimum absolute atomic E-state index is 0.128. The molecule has 1 heterocycles. The molecule has 0 aromatic heterocycles. The zero-order chi connectivity index (χ0) is 13.9. The fourth-order valence-electron chi connectivity index (χ4n) is 2.14. The van der Waals surface area contributed by atoms with Gasteiger partial charge in [0, 0.05) is 12.6 Å². The predicted molar refractivity (Wildman–Crippen MR) is 80.4 cm³/mol. The number of nitrogens with zero attached hydrogens (tertiary/aromatic N) is 3. The summed E-state index contributed by atoms with van der Waals surface area (Å²) in [5.41, 5.74) is 3.02. The first-order valence-corrected chi connectivity index (χ1v) is 6.31. The van der Waals surface area contributed by atoms with Crippen LogP contribution in [-0.2, 0) is 4.79 Å². The Bertz CT molecular complexity index is 705. The maximum Gasteiger partial charge on any atom is 0.279 e. The summed E-state index contributed by atoms with van der Waals surface area (Å²) in [6, 6.07) is 17.2. The molecule has 0 radical (unpaired) electrons. The average molecular weight is 263 g/mol. The lowest BCUT2D eigenvalue weighted by Crippen LogP contribution is -2.25. The van der Waals surface area contributed by atoms with Gasteiger partial charge in [-0.1, -0.05) is 48.5 Å². The summed E-state index contributed by atoms with van der Waals surface area (Å²) < 4.78 is 0. The molecule has 2 aromatic carbocycles. The molecule has 0 fully saturated rings. The summed E-state index contributed by atoms with van der Waals surface area (Å²) in [4.78, 5) is 13.7. The number of anilines is 1. The molecule has 0 spiro atoms. The van der Waals surface area contributed by atoms with Crippen molar-refractivity contribution in [2.45, 2.75) is 0 Å². The molecule has 1 amide bonds. The predicted octanol–water partition coefficient (Wildman–Crippen LogP) is 2.49. The van der Waals surface area contributed by atoms with Gasteiger partial charge in [-0.25, -0.2) is 0 Å². The van der Waals surface area contributed by atoms with Crippen molar-refractivity contribution in [3.05, 3.63) is 65.7 Å². The normalized spacial score (nSPS) is 16.1. The number of fused-ring (bicyclic) bond motifs is 1. The molecular formula is C16H13N3O. The van der Waals surface area contributed by atoms with E-state index in [-0.39, 0.29) is 5.91 Å². The third-order valence-corrected chi connectivity index (χ3v) is 3.19. The lowest BCUT2D eigenvalue weighted by atomic mass is 10.1. The number of carbonyl (C=O) groups is 1. The molecule has 0 unspecified atom stereocenters. The Labute approximate surface area is 117 Å². The van der Waals surface area contributed by atoms with Crippen LogP contribution in [0.5, 0.6) is 0 Å². The molecule has 0 saturated carbocycles. The van der Waals surface area contributed by atoms with E-state index in [4.69, 9.17) is 0 Å². The quantitative estimate of drug-likeness (QED) is 0.606. The van der Waals surface area contributed by atoms with E-state index in [1.807, 2.05) is 54.6 Å². The standard InChI is InChI=1S/C16H13N3O/c1-19-14-10-6-5-9-13(14)15(16(19)20)18-17-11-12-7-3-2-4-8-12/h2-11H,1H3. The smallest absolute Gasteiger partial charge is 0.279 e. The summed E-state index contributed by atoms with van der Waals surface area (Å²) >= 11 is 0. The summed E-state index contributed by atoms with van der Waals surface area (Å²) in [6.07, 6.45) is 1.64. The van der Waals surface area contributed by atoms with Crippen molar-refractivity contribution in [1.82, 2.24) is 0 Å². The fraction of sp³-hybridized carbons (Fsp3) is 0.0625. The monoisotopic (exact) mass is 263 g/mol. The van der Waals surface area contributed by atoms with Crippen LogP contribution in [-0.4, -0.2) is 24.9 Å². The second-order valence-electron chi connectivity index (χ2n) is 4.49. The Hall–Kier alpha value is -2.75. The minimum atomic E-state index is -0.128. The lowest BCUT2D eigenvalue weighted by molar-refractivity contribution is -0.111. The fourth-order valence-corrected chi connectivity index (χ4v) is 2.14. The highest BCUT2D eigenvalue weighted by Gasteiger charge is 2.30. The molecule has 0 bridgehead atoms. The molecule has 0 saturated heterocycles. The van der Waals surface area contributed by atoms with Crippen molar-refractivity contribution >= 4 is 23.5 Å². The van der Waals surface area contributed by atoms with Crippen molar-refractivity contribution in [2.75, 3.05) is 11.9 Å². The first-order valence-electron chi connectivity index (χ1n) is 6.31. The minimum Gasteiger partial charge on any atom is -0.309 e. The maximum absolute atomic E-state index is 12.1. The Kier molecular flexibility index (Phi) is 3.13. The van der Waals surface area contributed by atoms with Gasteiger partial charge in [0.25, 0.3) is 5.91 Å². The highest BCUT2D eigenvalue weighted by atomic mass is 16.2. The molecule has 0 N–H and O–H groups in total. The molecule has 20 heavy (non-hydrogen) atoms. The van der Waals surface area contributed by atoms with E-state index in [0.717, 1.165) is 16.8 Å². The van der Waals surface area contributed by atoms with E-state index in [1.54, 1.807) is 18.2 Å². The second-order valence-corrected chi connectivity index (χ2v) is 4.49. The van der Waals surface area contributed by atoms with Gasteiger partial charge in [0.15, 0.2) is 5.71 Å². The van der Waals surface area contributed by atoms with Crippen LogP contribution in [0.15, 0.2) is 64.8 Å². The van der Waals surface area contributed by atoms with E-state index in [2.05, 4.69) is 10.2 Å². The number of hydrogen-bond acceptors (Lipinski definition) is 3. The Morgan fingerprint density at radius 1 is 1.00 bits per heavy atom. The van der Waals surface area contributed by atoms with Crippen LogP contribution in [0.3, 0.4) is 0 Å². The van der Waals surface area contributed by atoms with Crippen LogP contribution in [0.25, 0.3) is 0 Å². The molecule has 0 aliphatic carbocycles. The van der Waals surface area contributed by atoms with Gasteiger partial charge in [-0.15, -0.1) is 5.10 Å². The third-order valence-electron chi connectivity index (χ3n) is 3.19. The molecule has 0 atom stereocenters. The summed E-state index contributed by atoms with van der Waals surface area (Å²) in [5, 5.41) is 8.11. The SMILES string of the molecule is CN1C(=O)C(=NN=Cc2ccccc2)c2ccccc21. The van der Waals surface area contributed by atoms with Crippen LogP contribution in [0, 0.1) is 0 Å². The number of likely N-dealkylation sites (N-methyl/N-ethyl adjacent to an activating group) is 1. The second kappa shape index (κ2) is 5.09. The number of benzene rings is 2. The van der Waals surface area contributed by atoms with Gasteiger partial charge in [0.1, 0.15) is 0 Å². The highest BCUT2D eigenvalue weighted by molar-refractivity contribution is 6.54. The number of carbonyl (C=O) groups excluding carboxylic acids is 1. The van der Waals surface area contributed by atoms with Crippen molar-refractivity contribution < 1.29 is 4.79 Å². The number of hydrogen-bond donors (Lipinski definition) is 0. The van der Waals surface area contributed by atoms with Crippen molar-refractivity contribution in [3.63, 3.8) is 0 Å². The summed E-state index contributed by atoms with van der Waals surface area (Å²) in [5.74, 6) is -0.128. The molecule has 1 aliphatic rings. The van der Waals surface area contributed by atoms with Crippen LogP contribution >= 0.6 is 0 Å². The molecule has 3 rings (SSSR count). The number of amides is 1. The third kappa shape index (κ3) is 2.12. The van der Waals surface area contributed by atoms with Crippen LogP contribution in [0.2, 0.25) is 0 Å². The van der Waals surface area contributed by atoms with E-state index in [0.29, 0.717) is 5.71 Å². The van der Waals surface area contributed by atoms with Gasteiger partial charge in [0.2, 0.25) is 0 Å². The Balaban J connectivity index is 1.93. The van der Waals surface area contributed by atoms with E-state index in [1.165, 1.54) is 0 Å².